The Labute approximate surface area is 94.2 Å². The molecule has 3 N–H and O–H groups in total. The van der Waals surface area contributed by atoms with Crippen LogP contribution >= 0.6 is 0 Å². The molecule has 0 aromatic carbocycles. The maximum Gasteiger partial charge on any atom is 0.249 e. The van der Waals surface area contributed by atoms with Crippen LogP contribution in [-0.4, -0.2) is 37.4 Å². The van der Waals surface area contributed by atoms with Gasteiger partial charge in [-0.25, -0.2) is 0 Å². The summed E-state index contributed by atoms with van der Waals surface area (Å²) in [5, 5.41) is 7.75. The second-order valence-electron chi connectivity index (χ2n) is 3.78. The zero-order chi connectivity index (χ0) is 12.0. The highest BCUT2D eigenvalue weighted by Crippen LogP contribution is 2.04. The predicted octanol–water partition coefficient (Wildman–Crippen LogP) is -1.09. The molecule has 0 saturated carbocycles. The van der Waals surface area contributed by atoms with Crippen LogP contribution in [0.5, 0.6) is 0 Å². The Morgan fingerprint density at radius 1 is 1.50 bits per heavy atom. The van der Waals surface area contributed by atoms with Crippen molar-refractivity contribution in [1.82, 2.24) is 16.0 Å². The number of hydrogen-bond donors (Lipinski definition) is 3. The van der Waals surface area contributed by atoms with Gasteiger partial charge in [0, 0.05) is 12.8 Å². The first kappa shape index (κ1) is 12.6. The van der Waals surface area contributed by atoms with Gasteiger partial charge in [0.05, 0.1) is 0 Å². The summed E-state index contributed by atoms with van der Waals surface area (Å²) in [6.45, 7) is 0.767. The molecule has 90 valence electrons. The van der Waals surface area contributed by atoms with Gasteiger partial charge in [-0.3, -0.25) is 19.7 Å². The van der Waals surface area contributed by atoms with E-state index in [1.807, 2.05) is 7.05 Å². The molecule has 0 aliphatic carbocycles. The van der Waals surface area contributed by atoms with E-state index in [2.05, 4.69) is 16.0 Å². The monoisotopic (exact) mass is 227 g/mol. The fraction of sp³-hybridized carbons (Fsp3) is 0.700. The molecule has 1 aliphatic rings. The smallest absolute Gasteiger partial charge is 0.249 e. The summed E-state index contributed by atoms with van der Waals surface area (Å²) in [4.78, 5) is 33.6. The first-order valence-corrected chi connectivity index (χ1v) is 5.41. The highest BCUT2D eigenvalue weighted by Gasteiger charge is 2.27. The molecule has 16 heavy (non-hydrogen) atoms. The van der Waals surface area contributed by atoms with E-state index in [0.29, 0.717) is 12.8 Å². The van der Waals surface area contributed by atoms with E-state index in [1.54, 1.807) is 0 Å². The second-order valence-corrected chi connectivity index (χ2v) is 3.78. The van der Waals surface area contributed by atoms with E-state index in [4.69, 9.17) is 0 Å². The highest BCUT2D eigenvalue weighted by atomic mass is 16.2. The SMILES string of the molecule is CNCCCC(=O)NC1CCC(=O)NC1=O. The number of piperidine rings is 1. The minimum Gasteiger partial charge on any atom is -0.344 e. The van der Waals surface area contributed by atoms with Gasteiger partial charge in [-0.15, -0.1) is 0 Å². The zero-order valence-corrected chi connectivity index (χ0v) is 9.34. The molecule has 0 bridgehead atoms. The van der Waals surface area contributed by atoms with Crippen molar-refractivity contribution >= 4 is 17.7 Å². The van der Waals surface area contributed by atoms with Crippen molar-refractivity contribution in [2.24, 2.45) is 0 Å². The minimum atomic E-state index is -0.556. The number of carbonyl (C=O) groups excluding carboxylic acids is 3. The van der Waals surface area contributed by atoms with E-state index in [0.717, 1.165) is 13.0 Å². The summed E-state index contributed by atoms with van der Waals surface area (Å²) >= 11 is 0. The van der Waals surface area contributed by atoms with E-state index in [1.165, 1.54) is 0 Å². The van der Waals surface area contributed by atoms with Crippen molar-refractivity contribution in [1.29, 1.82) is 0 Å². The standard InChI is InChI=1S/C10H17N3O3/c1-11-6-2-3-8(14)12-7-4-5-9(15)13-10(7)16/h7,11H,2-6H2,1H3,(H,12,14)(H,13,15,16). The topological polar surface area (TPSA) is 87.3 Å². The molecule has 3 amide bonds. The third-order valence-corrected chi connectivity index (χ3v) is 2.41. The summed E-state index contributed by atoms with van der Waals surface area (Å²) in [7, 11) is 1.82. The number of carbonyl (C=O) groups is 3. The maximum absolute atomic E-state index is 11.4. The molecular weight excluding hydrogens is 210 g/mol. The fourth-order valence-corrected chi connectivity index (χ4v) is 1.52. The molecule has 1 fully saturated rings. The molecule has 6 nitrogen and oxygen atoms in total. The van der Waals surface area contributed by atoms with Crippen molar-refractivity contribution in [2.75, 3.05) is 13.6 Å². The lowest BCUT2D eigenvalue weighted by atomic mass is 10.1. The summed E-state index contributed by atoms with van der Waals surface area (Å²) in [6, 6.07) is -0.556. The molecule has 1 unspecified atom stereocenters. The van der Waals surface area contributed by atoms with Gasteiger partial charge in [0.1, 0.15) is 6.04 Å². The fourth-order valence-electron chi connectivity index (χ4n) is 1.52. The number of rotatable bonds is 5. The predicted molar refractivity (Wildman–Crippen MR) is 57.5 cm³/mol. The van der Waals surface area contributed by atoms with Crippen LogP contribution in [0.15, 0.2) is 0 Å². The van der Waals surface area contributed by atoms with E-state index >= 15 is 0 Å². The lowest BCUT2D eigenvalue weighted by Gasteiger charge is -2.21. The van der Waals surface area contributed by atoms with E-state index in [-0.39, 0.29) is 18.2 Å². The highest BCUT2D eigenvalue weighted by molar-refractivity contribution is 6.01. The second kappa shape index (κ2) is 6.22. The lowest BCUT2D eigenvalue weighted by molar-refractivity contribution is -0.137. The Kier molecular flexibility index (Phi) is 4.91. The molecule has 0 aromatic rings. The Bertz CT molecular complexity index is 291. The Hall–Kier alpha value is -1.43. The van der Waals surface area contributed by atoms with Crippen molar-refractivity contribution in [3.8, 4) is 0 Å². The van der Waals surface area contributed by atoms with Crippen LogP contribution in [0.25, 0.3) is 0 Å². The molecule has 1 heterocycles. The molecule has 0 radical (unpaired) electrons. The van der Waals surface area contributed by atoms with Crippen LogP contribution in [0.2, 0.25) is 0 Å². The van der Waals surface area contributed by atoms with Crippen molar-refractivity contribution < 1.29 is 14.4 Å². The average Bonchev–Trinajstić information content (AvgIpc) is 2.23. The Morgan fingerprint density at radius 2 is 2.25 bits per heavy atom. The van der Waals surface area contributed by atoms with E-state index in [9.17, 15) is 14.4 Å². The van der Waals surface area contributed by atoms with Gasteiger partial charge in [0.2, 0.25) is 17.7 Å². The lowest BCUT2D eigenvalue weighted by Crippen LogP contribution is -2.52. The molecule has 6 heteroatoms. The molecule has 1 rings (SSSR count). The van der Waals surface area contributed by atoms with Gasteiger partial charge in [-0.2, -0.15) is 0 Å². The van der Waals surface area contributed by atoms with Gasteiger partial charge in [-0.05, 0) is 26.4 Å². The van der Waals surface area contributed by atoms with Gasteiger partial charge in [0.25, 0.3) is 0 Å². The van der Waals surface area contributed by atoms with Crippen LogP contribution < -0.4 is 16.0 Å². The van der Waals surface area contributed by atoms with Crippen LogP contribution in [0.3, 0.4) is 0 Å². The van der Waals surface area contributed by atoms with Crippen molar-refractivity contribution in [3.63, 3.8) is 0 Å². The summed E-state index contributed by atoms with van der Waals surface area (Å²) in [5.74, 6) is -0.825. The summed E-state index contributed by atoms with van der Waals surface area (Å²) < 4.78 is 0. The molecule has 0 aromatic heterocycles. The first-order valence-electron chi connectivity index (χ1n) is 5.41. The summed E-state index contributed by atoms with van der Waals surface area (Å²) in [6.07, 6.45) is 1.80. The van der Waals surface area contributed by atoms with Crippen LogP contribution in [-0.2, 0) is 14.4 Å². The van der Waals surface area contributed by atoms with Gasteiger partial charge < -0.3 is 10.6 Å². The van der Waals surface area contributed by atoms with Crippen molar-refractivity contribution in [3.05, 3.63) is 0 Å². The van der Waals surface area contributed by atoms with Crippen LogP contribution in [0.4, 0.5) is 0 Å². The van der Waals surface area contributed by atoms with Crippen molar-refractivity contribution in [2.45, 2.75) is 31.7 Å². The molecular formula is C10H17N3O3. The minimum absolute atomic E-state index is 0.148. The zero-order valence-electron chi connectivity index (χ0n) is 9.34. The van der Waals surface area contributed by atoms with Gasteiger partial charge in [-0.1, -0.05) is 0 Å². The van der Waals surface area contributed by atoms with Gasteiger partial charge in [0.15, 0.2) is 0 Å². The average molecular weight is 227 g/mol. The maximum atomic E-state index is 11.4. The van der Waals surface area contributed by atoms with Crippen LogP contribution in [0, 0.1) is 0 Å². The van der Waals surface area contributed by atoms with E-state index < -0.39 is 11.9 Å². The molecule has 1 aliphatic heterocycles. The molecule has 1 saturated heterocycles. The number of hydrogen-bond acceptors (Lipinski definition) is 4. The molecule has 0 spiro atoms. The first-order chi connectivity index (χ1) is 7.63. The summed E-state index contributed by atoms with van der Waals surface area (Å²) in [5.41, 5.74) is 0. The normalized spacial score (nSPS) is 20.4. The Balaban J connectivity index is 2.28. The quantitative estimate of drug-likeness (QED) is 0.411. The number of amides is 3. The third kappa shape index (κ3) is 3.98. The number of imide groups is 1. The van der Waals surface area contributed by atoms with Crippen LogP contribution in [0.1, 0.15) is 25.7 Å². The molecule has 1 atom stereocenters. The third-order valence-electron chi connectivity index (χ3n) is 2.41. The Morgan fingerprint density at radius 3 is 2.88 bits per heavy atom. The largest absolute Gasteiger partial charge is 0.344 e. The van der Waals surface area contributed by atoms with Gasteiger partial charge >= 0.3 is 0 Å². The number of nitrogens with one attached hydrogen (secondary N) is 3.